The number of nitrogens with one attached hydrogen (secondary N) is 1. The van der Waals surface area contributed by atoms with Crippen molar-refractivity contribution in [2.75, 3.05) is 0 Å². The SMILES string of the molecule is c1ccc(C2=NC(c3ccccc3)NC(n3c4ccccc4c4cc5oc6ccc7oc8ccccc8c7c6c5cc43)=N2)cc1. The molecule has 6 aromatic carbocycles. The molecular weight excluding hydrogens is 556 g/mol. The zero-order valence-electron chi connectivity index (χ0n) is 23.9. The number of nitrogens with zero attached hydrogens (tertiary/aromatic N) is 3. The molecule has 212 valence electrons. The number of benzene rings is 6. The smallest absolute Gasteiger partial charge is 0.211 e. The van der Waals surface area contributed by atoms with Gasteiger partial charge in [-0.2, -0.15) is 4.99 Å². The topological polar surface area (TPSA) is 68.0 Å². The van der Waals surface area contributed by atoms with E-state index in [0.717, 1.165) is 82.8 Å². The number of rotatable bonds is 2. The molecule has 1 atom stereocenters. The average Bonchev–Trinajstić information content (AvgIpc) is 3.76. The molecule has 0 spiro atoms. The van der Waals surface area contributed by atoms with Gasteiger partial charge in [0.25, 0.3) is 0 Å². The predicted molar refractivity (Wildman–Crippen MR) is 182 cm³/mol. The number of aliphatic imine (C=N–C) groups is 2. The van der Waals surface area contributed by atoms with Crippen LogP contribution in [-0.2, 0) is 0 Å². The van der Waals surface area contributed by atoms with Crippen molar-refractivity contribution in [3.05, 3.63) is 145 Å². The largest absolute Gasteiger partial charge is 0.456 e. The maximum Gasteiger partial charge on any atom is 0.211 e. The van der Waals surface area contributed by atoms with E-state index < -0.39 is 0 Å². The summed E-state index contributed by atoms with van der Waals surface area (Å²) in [7, 11) is 0. The standard InChI is InChI=1S/C39H24N4O2/c1-3-11-23(12-4-1)37-40-38(24-13-5-2-6-14-24)42-39(41-37)43-29-17-9-7-15-25(29)27-22-34-28(21-30(27)43)36-33(45-34)20-19-32-35(36)26-16-8-10-18-31(26)44-32/h1-22,37H,(H,40,41,42). The lowest BCUT2D eigenvalue weighted by Crippen LogP contribution is -2.37. The van der Waals surface area contributed by atoms with Crippen molar-refractivity contribution in [3.8, 4) is 0 Å². The molecule has 45 heavy (non-hydrogen) atoms. The Morgan fingerprint density at radius 1 is 0.533 bits per heavy atom. The molecule has 10 rings (SSSR count). The number of aromatic nitrogens is 1. The maximum atomic E-state index is 6.52. The van der Waals surface area contributed by atoms with Gasteiger partial charge in [0.1, 0.15) is 28.5 Å². The fraction of sp³-hybridized carbons (Fsp3) is 0.0256. The molecule has 0 amide bonds. The van der Waals surface area contributed by atoms with Gasteiger partial charge in [-0.25, -0.2) is 4.99 Å². The summed E-state index contributed by atoms with van der Waals surface area (Å²) >= 11 is 0. The van der Waals surface area contributed by atoms with Gasteiger partial charge in [0.2, 0.25) is 5.96 Å². The number of hydrogen-bond donors (Lipinski definition) is 1. The number of hydrogen-bond acceptors (Lipinski definition) is 5. The van der Waals surface area contributed by atoms with Gasteiger partial charge in [-0.05, 0) is 42.0 Å². The van der Waals surface area contributed by atoms with E-state index in [1.807, 2.05) is 60.7 Å². The second-order valence-corrected chi connectivity index (χ2v) is 11.4. The highest BCUT2D eigenvalue weighted by molar-refractivity contribution is 6.28. The summed E-state index contributed by atoms with van der Waals surface area (Å²) in [6.45, 7) is 0. The first-order chi connectivity index (χ1) is 22.3. The van der Waals surface area contributed by atoms with E-state index >= 15 is 0 Å². The summed E-state index contributed by atoms with van der Waals surface area (Å²) < 4.78 is 15.0. The van der Waals surface area contributed by atoms with Gasteiger partial charge < -0.3 is 14.2 Å². The Kier molecular flexibility index (Phi) is 4.96. The number of furan rings is 2. The van der Waals surface area contributed by atoms with Crippen LogP contribution in [0.4, 0.5) is 0 Å². The highest BCUT2D eigenvalue weighted by Gasteiger charge is 2.25. The van der Waals surface area contributed by atoms with Crippen LogP contribution in [0.15, 0.2) is 152 Å². The van der Waals surface area contributed by atoms with E-state index in [1.54, 1.807) is 0 Å². The zero-order valence-corrected chi connectivity index (χ0v) is 23.9. The van der Waals surface area contributed by atoms with Crippen molar-refractivity contribution in [2.24, 2.45) is 9.98 Å². The Morgan fingerprint density at radius 3 is 2.02 bits per heavy atom. The van der Waals surface area contributed by atoms with E-state index in [-0.39, 0.29) is 6.17 Å². The second kappa shape index (κ2) is 9.18. The summed E-state index contributed by atoms with van der Waals surface area (Å²) in [4.78, 5) is 10.2. The minimum atomic E-state index is -0.305. The highest BCUT2D eigenvalue weighted by Crippen LogP contribution is 2.42. The number of amidine groups is 1. The third-order valence-corrected chi connectivity index (χ3v) is 8.86. The van der Waals surface area contributed by atoms with Gasteiger partial charge in [-0.3, -0.25) is 4.57 Å². The van der Waals surface area contributed by atoms with Crippen molar-refractivity contribution in [2.45, 2.75) is 6.17 Å². The van der Waals surface area contributed by atoms with Crippen LogP contribution >= 0.6 is 0 Å². The lowest BCUT2D eigenvalue weighted by molar-refractivity contribution is 0.661. The van der Waals surface area contributed by atoms with Crippen LogP contribution in [0.3, 0.4) is 0 Å². The van der Waals surface area contributed by atoms with Crippen LogP contribution in [-0.4, -0.2) is 16.4 Å². The van der Waals surface area contributed by atoms with Crippen LogP contribution in [0, 0.1) is 0 Å². The van der Waals surface area contributed by atoms with Gasteiger partial charge >= 0.3 is 0 Å². The Bertz CT molecular complexity index is 2680. The van der Waals surface area contributed by atoms with E-state index in [4.69, 9.17) is 18.8 Å². The molecular formula is C39H24N4O2. The Labute approximate surface area is 256 Å². The van der Waals surface area contributed by atoms with Crippen LogP contribution in [0.1, 0.15) is 17.3 Å². The van der Waals surface area contributed by atoms with Crippen molar-refractivity contribution in [3.63, 3.8) is 0 Å². The molecule has 6 nitrogen and oxygen atoms in total. The zero-order chi connectivity index (χ0) is 29.5. The number of fused-ring (bicyclic) bond motifs is 10. The lowest BCUT2D eigenvalue weighted by Gasteiger charge is -2.24. The monoisotopic (exact) mass is 580 g/mol. The molecule has 1 N–H and O–H groups in total. The molecule has 4 heterocycles. The van der Waals surface area contributed by atoms with E-state index in [2.05, 4.69) is 82.7 Å². The molecule has 6 heteroatoms. The maximum absolute atomic E-state index is 6.52. The molecule has 0 saturated heterocycles. The van der Waals surface area contributed by atoms with Gasteiger partial charge in [0, 0.05) is 37.9 Å². The molecule has 0 radical (unpaired) electrons. The van der Waals surface area contributed by atoms with Crippen LogP contribution in [0.2, 0.25) is 0 Å². The normalized spacial score (nSPS) is 15.3. The summed E-state index contributed by atoms with van der Waals surface area (Å²) in [5, 5.41) is 10.1. The molecule has 1 aliphatic heterocycles. The van der Waals surface area contributed by atoms with Crippen LogP contribution < -0.4 is 5.32 Å². The Balaban J connectivity index is 1.28. The third-order valence-electron chi connectivity index (χ3n) is 8.86. The second-order valence-electron chi connectivity index (χ2n) is 11.4. The first-order valence-corrected chi connectivity index (χ1v) is 15.0. The summed E-state index contributed by atoms with van der Waals surface area (Å²) in [5.74, 6) is 1.40. The van der Waals surface area contributed by atoms with E-state index in [1.165, 1.54) is 0 Å². The third kappa shape index (κ3) is 3.57. The van der Waals surface area contributed by atoms with Crippen molar-refractivity contribution in [1.29, 1.82) is 0 Å². The van der Waals surface area contributed by atoms with Crippen molar-refractivity contribution >= 4 is 77.5 Å². The molecule has 0 bridgehead atoms. The molecule has 0 fully saturated rings. The van der Waals surface area contributed by atoms with Crippen molar-refractivity contribution in [1.82, 2.24) is 9.88 Å². The molecule has 3 aromatic heterocycles. The van der Waals surface area contributed by atoms with Gasteiger partial charge in [0.05, 0.1) is 11.0 Å². The van der Waals surface area contributed by atoms with Crippen LogP contribution in [0.25, 0.3) is 65.7 Å². The first kappa shape index (κ1) is 24.3. The lowest BCUT2D eigenvalue weighted by atomic mass is 10.0. The molecule has 0 saturated carbocycles. The quantitative estimate of drug-likeness (QED) is 0.221. The summed E-state index contributed by atoms with van der Waals surface area (Å²) in [6.07, 6.45) is -0.305. The Hall–Kier alpha value is -6.14. The molecule has 9 aromatic rings. The average molecular weight is 581 g/mol. The minimum Gasteiger partial charge on any atom is -0.456 e. The summed E-state index contributed by atoms with van der Waals surface area (Å²) in [6, 6.07) is 45.5. The fourth-order valence-corrected chi connectivity index (χ4v) is 6.84. The van der Waals surface area contributed by atoms with Gasteiger partial charge in [0.15, 0.2) is 5.84 Å². The van der Waals surface area contributed by atoms with Crippen molar-refractivity contribution < 1.29 is 8.83 Å². The summed E-state index contributed by atoms with van der Waals surface area (Å²) in [5.41, 5.74) is 7.50. The highest BCUT2D eigenvalue weighted by atomic mass is 16.3. The van der Waals surface area contributed by atoms with Crippen LogP contribution in [0.5, 0.6) is 0 Å². The molecule has 0 aliphatic carbocycles. The van der Waals surface area contributed by atoms with E-state index in [9.17, 15) is 0 Å². The minimum absolute atomic E-state index is 0.305. The molecule has 1 unspecified atom stereocenters. The number of para-hydroxylation sites is 2. The Morgan fingerprint density at radius 2 is 1.20 bits per heavy atom. The fourth-order valence-electron chi connectivity index (χ4n) is 6.84. The molecule has 1 aliphatic rings. The van der Waals surface area contributed by atoms with Gasteiger partial charge in [-0.1, -0.05) is 97.1 Å². The van der Waals surface area contributed by atoms with Gasteiger partial charge in [-0.15, -0.1) is 0 Å². The first-order valence-electron chi connectivity index (χ1n) is 15.0. The van der Waals surface area contributed by atoms with E-state index in [0.29, 0.717) is 5.84 Å². The predicted octanol–water partition coefficient (Wildman–Crippen LogP) is 9.55.